The fourth-order valence-corrected chi connectivity index (χ4v) is 12.1. The van der Waals surface area contributed by atoms with Crippen molar-refractivity contribution in [3.05, 3.63) is 24.3 Å². The van der Waals surface area contributed by atoms with Gasteiger partial charge in [-0.2, -0.15) is 0 Å². The van der Waals surface area contributed by atoms with Gasteiger partial charge >= 0.3 is 5.97 Å². The molecule has 86 heavy (non-hydrogen) atoms. The minimum atomic E-state index is -1.57. The summed E-state index contributed by atoms with van der Waals surface area (Å²) in [6.07, 6.45) is 72.0. The molecule has 6 N–H and O–H groups in total. The van der Waals surface area contributed by atoms with Crippen molar-refractivity contribution in [2.45, 2.75) is 423 Å². The molecule has 0 radical (unpaired) electrons. The maximum Gasteiger partial charge on any atom is 0.305 e. The van der Waals surface area contributed by atoms with Crippen molar-refractivity contribution in [3.8, 4) is 0 Å². The fourth-order valence-electron chi connectivity index (χ4n) is 12.1. The van der Waals surface area contributed by atoms with Gasteiger partial charge in [-0.3, -0.25) is 9.59 Å². The van der Waals surface area contributed by atoms with E-state index in [-0.39, 0.29) is 18.5 Å². The van der Waals surface area contributed by atoms with E-state index in [2.05, 4.69) is 31.3 Å². The molecule has 0 bridgehead atoms. The van der Waals surface area contributed by atoms with E-state index in [1.165, 1.54) is 295 Å². The van der Waals surface area contributed by atoms with Crippen LogP contribution in [0.5, 0.6) is 0 Å². The molecule has 1 aliphatic heterocycles. The minimum absolute atomic E-state index is 0.00713. The molecule has 1 amide bonds. The van der Waals surface area contributed by atoms with E-state index in [0.717, 1.165) is 57.8 Å². The van der Waals surface area contributed by atoms with Crippen LogP contribution in [-0.2, 0) is 23.8 Å². The lowest BCUT2D eigenvalue weighted by atomic mass is 9.99. The van der Waals surface area contributed by atoms with Crippen molar-refractivity contribution in [1.29, 1.82) is 0 Å². The number of allylic oxidation sites excluding steroid dienone is 3. The molecule has 0 aromatic carbocycles. The van der Waals surface area contributed by atoms with Gasteiger partial charge in [-0.15, -0.1) is 0 Å². The SMILES string of the molecule is CCCCCCCC/C=C\CCCCCCCC(=O)OCCCCCCCCCCCCCCCCCCCCCCCCCCCCCCCCCCCC(=O)NC(COC1OC(CO)C(O)C(O)C1O)C(O)/C=C/CCCCCCCCCC. The highest BCUT2D eigenvalue weighted by Gasteiger charge is 2.44. The minimum Gasteiger partial charge on any atom is -0.466 e. The Morgan fingerprint density at radius 2 is 0.744 bits per heavy atom. The number of hydrogen-bond donors (Lipinski definition) is 6. The van der Waals surface area contributed by atoms with Crippen LogP contribution in [0.25, 0.3) is 0 Å². The van der Waals surface area contributed by atoms with E-state index >= 15 is 0 Å². The van der Waals surface area contributed by atoms with Gasteiger partial charge in [0, 0.05) is 12.8 Å². The molecule has 7 unspecified atom stereocenters. The Morgan fingerprint density at radius 1 is 0.419 bits per heavy atom. The number of carbonyl (C=O) groups is 2. The third kappa shape index (κ3) is 52.9. The molecule has 0 spiro atoms. The molecule has 1 saturated heterocycles. The van der Waals surface area contributed by atoms with Gasteiger partial charge in [0.1, 0.15) is 24.4 Å². The first-order valence-corrected chi connectivity index (χ1v) is 37.6. The summed E-state index contributed by atoms with van der Waals surface area (Å²) in [5.74, 6) is -0.169. The summed E-state index contributed by atoms with van der Waals surface area (Å²) in [5.41, 5.74) is 0. The first-order chi connectivity index (χ1) is 42.2. The van der Waals surface area contributed by atoms with Crippen LogP contribution in [0.2, 0.25) is 0 Å². The van der Waals surface area contributed by atoms with Crippen molar-refractivity contribution >= 4 is 11.9 Å². The normalized spacial score (nSPS) is 18.0. The first-order valence-electron chi connectivity index (χ1n) is 37.6. The predicted octanol–water partition coefficient (Wildman–Crippen LogP) is 19.6. The Kier molecular flexibility index (Phi) is 61.8. The largest absolute Gasteiger partial charge is 0.466 e. The lowest BCUT2D eigenvalue weighted by molar-refractivity contribution is -0.302. The topological polar surface area (TPSA) is 175 Å². The van der Waals surface area contributed by atoms with E-state index in [1.54, 1.807) is 6.08 Å². The maximum atomic E-state index is 13.0. The van der Waals surface area contributed by atoms with Crippen molar-refractivity contribution in [2.75, 3.05) is 19.8 Å². The Bertz CT molecular complexity index is 1480. The summed E-state index contributed by atoms with van der Waals surface area (Å²) in [7, 11) is 0. The van der Waals surface area contributed by atoms with E-state index in [4.69, 9.17) is 14.2 Å². The summed E-state index contributed by atoms with van der Waals surface area (Å²) in [6, 6.07) is -0.805. The third-order valence-corrected chi connectivity index (χ3v) is 18.1. The second-order valence-electron chi connectivity index (χ2n) is 26.4. The average Bonchev–Trinajstić information content (AvgIpc) is 2.52. The number of esters is 1. The third-order valence-electron chi connectivity index (χ3n) is 18.1. The van der Waals surface area contributed by atoms with Crippen molar-refractivity contribution in [1.82, 2.24) is 5.32 Å². The number of aliphatic hydroxyl groups is 5. The lowest BCUT2D eigenvalue weighted by Crippen LogP contribution is -2.60. The number of nitrogens with one attached hydrogen (secondary N) is 1. The zero-order chi connectivity index (χ0) is 62.3. The second kappa shape index (κ2) is 64.7. The van der Waals surface area contributed by atoms with Gasteiger partial charge in [0.2, 0.25) is 5.91 Å². The monoisotopic (exact) mass is 1220 g/mol. The van der Waals surface area contributed by atoms with E-state index in [0.29, 0.717) is 19.4 Å². The van der Waals surface area contributed by atoms with Crippen LogP contribution in [0.1, 0.15) is 380 Å². The summed E-state index contributed by atoms with van der Waals surface area (Å²) >= 11 is 0. The number of rotatable bonds is 67. The molecule has 11 heteroatoms. The molecule has 508 valence electrons. The molecular weight excluding hydrogens is 1070 g/mol. The van der Waals surface area contributed by atoms with Crippen molar-refractivity contribution in [3.63, 3.8) is 0 Å². The highest BCUT2D eigenvalue weighted by molar-refractivity contribution is 5.76. The van der Waals surface area contributed by atoms with Gasteiger partial charge in [-0.25, -0.2) is 0 Å². The van der Waals surface area contributed by atoms with Crippen LogP contribution in [0.15, 0.2) is 24.3 Å². The molecule has 1 fully saturated rings. The number of amides is 1. The molecule has 7 atom stereocenters. The molecule has 1 heterocycles. The molecule has 0 aliphatic carbocycles. The molecule has 0 aromatic rings. The number of unbranched alkanes of at least 4 members (excludes halogenated alkanes) is 51. The van der Waals surface area contributed by atoms with E-state index < -0.39 is 49.5 Å². The number of hydrogen-bond acceptors (Lipinski definition) is 10. The maximum absolute atomic E-state index is 13.0. The first kappa shape index (κ1) is 82.2. The Labute approximate surface area is 531 Å². The lowest BCUT2D eigenvalue weighted by Gasteiger charge is -2.40. The average molecular weight is 1220 g/mol. The second-order valence-corrected chi connectivity index (χ2v) is 26.4. The van der Waals surface area contributed by atoms with Gasteiger partial charge in [0.25, 0.3) is 0 Å². The summed E-state index contributed by atoms with van der Waals surface area (Å²) < 4.78 is 16.7. The summed E-state index contributed by atoms with van der Waals surface area (Å²) in [5, 5.41) is 54.4. The van der Waals surface area contributed by atoms with Crippen LogP contribution >= 0.6 is 0 Å². The van der Waals surface area contributed by atoms with Crippen LogP contribution in [-0.4, -0.2) is 100 Å². The van der Waals surface area contributed by atoms with Gasteiger partial charge in [0.05, 0.1) is 32.0 Å². The standard InChI is InChI=1S/C75H143NO10/c1-3-5-7-9-11-13-15-16-36-40-43-47-51-55-59-63-71(80)84-64-60-56-52-48-44-41-38-35-33-31-29-27-25-23-21-19-17-18-20-22-24-26-28-30-32-34-37-39-42-46-50-54-58-62-70(79)76-67(66-85-75-74(83)73(82)72(81)69(65-77)86-75)68(78)61-57-53-49-45-14-12-10-8-6-4-2/h16,36,57,61,67-69,72-75,77-78,81-83H,3-15,17-35,37-56,58-60,62-66H2,1-2H3,(H,76,79)/b36-16-,61-57+. The van der Waals surface area contributed by atoms with Gasteiger partial charge < -0.3 is 45.1 Å². The highest BCUT2D eigenvalue weighted by atomic mass is 16.7. The smallest absolute Gasteiger partial charge is 0.305 e. The van der Waals surface area contributed by atoms with Crippen LogP contribution in [0.3, 0.4) is 0 Å². The predicted molar refractivity (Wildman–Crippen MR) is 361 cm³/mol. The van der Waals surface area contributed by atoms with Crippen LogP contribution < -0.4 is 5.32 Å². The zero-order valence-electron chi connectivity index (χ0n) is 56.6. The molecule has 1 rings (SSSR count). The Hall–Kier alpha value is -1.86. The Morgan fingerprint density at radius 3 is 1.12 bits per heavy atom. The molecule has 1 aliphatic rings. The van der Waals surface area contributed by atoms with Crippen LogP contribution in [0, 0.1) is 0 Å². The number of aliphatic hydroxyl groups excluding tert-OH is 5. The van der Waals surface area contributed by atoms with Crippen molar-refractivity contribution in [2.24, 2.45) is 0 Å². The van der Waals surface area contributed by atoms with E-state index in [9.17, 15) is 35.1 Å². The molecular formula is C75H143NO10. The molecule has 11 nitrogen and oxygen atoms in total. The Balaban J connectivity index is 1.88. The van der Waals surface area contributed by atoms with Gasteiger partial charge in [-0.1, -0.05) is 334 Å². The van der Waals surface area contributed by atoms with E-state index in [1.807, 2.05) is 6.08 Å². The molecule has 0 saturated carbocycles. The fraction of sp³-hybridized carbons (Fsp3) is 0.920. The van der Waals surface area contributed by atoms with Gasteiger partial charge in [-0.05, 0) is 57.8 Å². The zero-order valence-corrected chi connectivity index (χ0v) is 56.6. The van der Waals surface area contributed by atoms with Crippen molar-refractivity contribution < 1.29 is 49.3 Å². The van der Waals surface area contributed by atoms with Gasteiger partial charge in [0.15, 0.2) is 6.29 Å². The number of carbonyl (C=O) groups excluding carboxylic acids is 2. The summed E-state index contributed by atoms with van der Waals surface area (Å²) in [6.45, 7) is 4.36. The highest BCUT2D eigenvalue weighted by Crippen LogP contribution is 2.24. The molecule has 0 aromatic heterocycles. The quantitative estimate of drug-likeness (QED) is 0.0195. The number of ether oxygens (including phenoxy) is 3. The summed E-state index contributed by atoms with van der Waals surface area (Å²) in [4.78, 5) is 25.1. The van der Waals surface area contributed by atoms with Crippen LogP contribution in [0.4, 0.5) is 0 Å².